The predicted octanol–water partition coefficient (Wildman–Crippen LogP) is 2.91. The molecule has 0 aromatic heterocycles. The molecular weight excluding hydrogens is 128 g/mol. The van der Waals surface area contributed by atoms with Crippen LogP contribution in [0.5, 0.6) is 0 Å². The third kappa shape index (κ3) is 8.09. The number of allylic oxidation sites excluding steroid dienone is 1. The van der Waals surface area contributed by atoms with Gasteiger partial charge in [0.05, 0.1) is 0 Å². The van der Waals surface area contributed by atoms with Gasteiger partial charge in [-0.25, -0.2) is 0 Å². The zero-order chi connectivity index (χ0) is 7.11. The molecule has 1 radical (unpaired) electrons. The average molecular weight is 143 g/mol. The maximum Gasteiger partial charge on any atom is -0.00304 e. The molecule has 0 saturated carbocycles. The van der Waals surface area contributed by atoms with E-state index in [2.05, 4.69) is 20.4 Å². The van der Waals surface area contributed by atoms with Gasteiger partial charge in [0.2, 0.25) is 0 Å². The molecule has 0 rings (SSSR count). The van der Waals surface area contributed by atoms with Crippen LogP contribution in [0, 0.1) is 6.92 Å². The van der Waals surface area contributed by atoms with Gasteiger partial charge in [0.1, 0.15) is 0 Å². The van der Waals surface area contributed by atoms with Crippen LogP contribution >= 0.6 is 11.8 Å². The van der Waals surface area contributed by atoms with E-state index >= 15 is 0 Å². The second-order valence-electron chi connectivity index (χ2n) is 2.17. The Bertz CT molecular complexity index is 76.6. The Labute approximate surface area is 62.7 Å². The van der Waals surface area contributed by atoms with Crippen LogP contribution in [0.3, 0.4) is 0 Å². The molecule has 0 spiro atoms. The highest BCUT2D eigenvalue weighted by atomic mass is 32.2. The van der Waals surface area contributed by atoms with E-state index < -0.39 is 0 Å². The fourth-order valence-electron chi connectivity index (χ4n) is 0.451. The van der Waals surface area contributed by atoms with E-state index in [0.717, 1.165) is 12.8 Å². The molecule has 0 atom stereocenters. The summed E-state index contributed by atoms with van der Waals surface area (Å²) in [4.78, 5) is 0. The Hall–Kier alpha value is 0.0900. The van der Waals surface area contributed by atoms with Crippen LogP contribution in [-0.2, 0) is 0 Å². The summed E-state index contributed by atoms with van der Waals surface area (Å²) in [6.45, 7) is 9.66. The fraction of sp³-hybridized carbons (Fsp3) is 0.625. The topological polar surface area (TPSA) is 0 Å². The second kappa shape index (κ2) is 6.21. The number of hydrogen-bond acceptors (Lipinski definition) is 1. The Morgan fingerprint density at radius 1 is 1.44 bits per heavy atom. The molecule has 0 aliphatic carbocycles. The first-order valence-corrected chi connectivity index (χ1v) is 4.44. The first-order valence-electron chi connectivity index (χ1n) is 3.28. The summed E-state index contributed by atoms with van der Waals surface area (Å²) in [5.74, 6) is 2.40. The highest BCUT2D eigenvalue weighted by Crippen LogP contribution is 2.07. The Morgan fingerprint density at radius 2 is 2.11 bits per heavy atom. The van der Waals surface area contributed by atoms with Crippen molar-refractivity contribution in [2.75, 3.05) is 11.5 Å². The summed E-state index contributed by atoms with van der Waals surface area (Å²) in [5, 5.41) is 0. The van der Waals surface area contributed by atoms with Gasteiger partial charge in [-0.15, -0.1) is 6.58 Å². The highest BCUT2D eigenvalue weighted by molar-refractivity contribution is 7.99. The first-order chi connectivity index (χ1) is 4.27. The van der Waals surface area contributed by atoms with Crippen molar-refractivity contribution in [3.05, 3.63) is 19.1 Å². The molecule has 0 saturated heterocycles. The molecule has 0 bridgehead atoms. The summed E-state index contributed by atoms with van der Waals surface area (Å²) in [6.07, 6.45) is 2.20. The van der Waals surface area contributed by atoms with E-state index in [9.17, 15) is 0 Å². The highest BCUT2D eigenvalue weighted by Gasteiger charge is 1.86. The molecule has 0 amide bonds. The first kappa shape index (κ1) is 9.09. The van der Waals surface area contributed by atoms with Gasteiger partial charge in [-0.1, -0.05) is 12.5 Å². The largest absolute Gasteiger partial charge is 0.162 e. The molecule has 0 aromatic rings. The molecule has 1 heteroatoms. The van der Waals surface area contributed by atoms with Gasteiger partial charge >= 0.3 is 0 Å². The molecule has 0 nitrogen and oxygen atoms in total. The van der Waals surface area contributed by atoms with Crippen molar-refractivity contribution >= 4 is 11.8 Å². The van der Waals surface area contributed by atoms with Crippen LogP contribution in [0.15, 0.2) is 12.2 Å². The molecule has 53 valence electrons. The summed E-state index contributed by atoms with van der Waals surface area (Å²) < 4.78 is 0. The van der Waals surface area contributed by atoms with E-state index in [1.54, 1.807) is 0 Å². The predicted molar refractivity (Wildman–Crippen MR) is 46.7 cm³/mol. The van der Waals surface area contributed by atoms with Crippen LogP contribution in [0.4, 0.5) is 0 Å². The van der Waals surface area contributed by atoms with Gasteiger partial charge in [-0.3, -0.25) is 0 Å². The fourth-order valence-corrected chi connectivity index (χ4v) is 1.35. The van der Waals surface area contributed by atoms with Crippen LogP contribution < -0.4 is 0 Å². The zero-order valence-electron chi connectivity index (χ0n) is 6.15. The lowest BCUT2D eigenvalue weighted by Gasteiger charge is -1.97. The molecule has 0 heterocycles. The van der Waals surface area contributed by atoms with Crippen molar-refractivity contribution in [1.82, 2.24) is 0 Å². The number of hydrogen-bond donors (Lipinski definition) is 0. The minimum Gasteiger partial charge on any atom is -0.162 e. The van der Waals surface area contributed by atoms with Crippen LogP contribution in [-0.4, -0.2) is 11.5 Å². The van der Waals surface area contributed by atoms with Gasteiger partial charge in [0.25, 0.3) is 0 Å². The lowest BCUT2D eigenvalue weighted by molar-refractivity contribution is 1.12. The van der Waals surface area contributed by atoms with Crippen LogP contribution in [0.25, 0.3) is 0 Å². The maximum atomic E-state index is 3.82. The van der Waals surface area contributed by atoms with E-state index in [4.69, 9.17) is 0 Å². The van der Waals surface area contributed by atoms with Crippen molar-refractivity contribution in [1.29, 1.82) is 0 Å². The average Bonchev–Trinajstić information content (AvgIpc) is 1.80. The molecule has 0 aromatic carbocycles. The van der Waals surface area contributed by atoms with Gasteiger partial charge in [0, 0.05) is 0 Å². The Kier molecular flexibility index (Phi) is 6.28. The van der Waals surface area contributed by atoms with Gasteiger partial charge in [0.15, 0.2) is 0 Å². The zero-order valence-corrected chi connectivity index (χ0v) is 6.97. The third-order valence-corrected chi connectivity index (χ3v) is 2.03. The van der Waals surface area contributed by atoms with Crippen molar-refractivity contribution in [3.63, 3.8) is 0 Å². The second-order valence-corrected chi connectivity index (χ2v) is 3.40. The molecule has 0 aliphatic heterocycles. The smallest absolute Gasteiger partial charge is 0.00304 e. The molecule has 0 aliphatic rings. The lowest BCUT2D eigenvalue weighted by atomic mass is 10.3. The summed E-state index contributed by atoms with van der Waals surface area (Å²) in [5.41, 5.74) is 1.28. The van der Waals surface area contributed by atoms with Crippen molar-refractivity contribution in [3.8, 4) is 0 Å². The van der Waals surface area contributed by atoms with E-state index in [1.165, 1.54) is 17.1 Å². The van der Waals surface area contributed by atoms with Gasteiger partial charge in [-0.2, -0.15) is 11.8 Å². The summed E-state index contributed by atoms with van der Waals surface area (Å²) in [7, 11) is 0. The lowest BCUT2D eigenvalue weighted by Crippen LogP contribution is -1.82. The van der Waals surface area contributed by atoms with E-state index in [0.29, 0.717) is 0 Å². The van der Waals surface area contributed by atoms with Crippen molar-refractivity contribution in [2.24, 2.45) is 0 Å². The standard InChI is InChI=1S/C8H15S/c1-4-6-9-7-5-8(2)3/h1-2,4-7H2,3H3. The minimum atomic E-state index is 1.04. The molecule has 0 unspecified atom stereocenters. The normalized spacial score (nSPS) is 9.56. The van der Waals surface area contributed by atoms with E-state index in [-0.39, 0.29) is 0 Å². The van der Waals surface area contributed by atoms with Crippen LogP contribution in [0.2, 0.25) is 0 Å². The molecule has 0 N–H and O–H groups in total. The molecule has 0 fully saturated rings. The van der Waals surface area contributed by atoms with E-state index in [1.807, 2.05) is 11.8 Å². The summed E-state index contributed by atoms with van der Waals surface area (Å²) >= 11 is 1.96. The summed E-state index contributed by atoms with van der Waals surface area (Å²) in [6, 6.07) is 0. The number of rotatable bonds is 5. The SMILES string of the molecule is [CH2]CCSCCC(=C)C. The minimum absolute atomic E-state index is 1.04. The van der Waals surface area contributed by atoms with Crippen molar-refractivity contribution < 1.29 is 0 Å². The van der Waals surface area contributed by atoms with Gasteiger partial charge in [-0.05, 0) is 31.3 Å². The van der Waals surface area contributed by atoms with Gasteiger partial charge < -0.3 is 0 Å². The van der Waals surface area contributed by atoms with Crippen molar-refractivity contribution in [2.45, 2.75) is 19.8 Å². The molecular formula is C8H15S. The molecule has 9 heavy (non-hydrogen) atoms. The Morgan fingerprint density at radius 3 is 2.56 bits per heavy atom. The van der Waals surface area contributed by atoms with Crippen LogP contribution in [0.1, 0.15) is 19.8 Å². The number of thioether (sulfide) groups is 1. The maximum absolute atomic E-state index is 3.82. The monoisotopic (exact) mass is 143 g/mol. The quantitative estimate of drug-likeness (QED) is 0.421. The Balaban J connectivity index is 2.83. The third-order valence-electron chi connectivity index (χ3n) is 0.962.